The van der Waals surface area contributed by atoms with Crippen LogP contribution < -0.4 is 0 Å². The lowest BCUT2D eigenvalue weighted by atomic mass is 9.65. The maximum atomic E-state index is 13.3. The van der Waals surface area contributed by atoms with Crippen molar-refractivity contribution in [3.8, 4) is 0 Å². The predicted molar refractivity (Wildman–Crippen MR) is 134 cm³/mol. The minimum Gasteiger partial charge on any atom is -0.462 e. The first-order valence-corrected chi connectivity index (χ1v) is 13.2. The SMILES string of the molecule is C[C@@H]1C=CC2=C[C@H](C)C[C@H](OC(=O)C(C)(C)CC(=O)C(C)(C)C)[C@@H]2[C@H]1CC[C@@H]1C[C@@H](O)CC(=O)O1. The number of hydrogen-bond acceptors (Lipinski definition) is 6. The average Bonchev–Trinajstić information content (AvgIpc) is 2.71. The topological polar surface area (TPSA) is 89.9 Å². The van der Waals surface area contributed by atoms with Crippen LogP contribution in [-0.2, 0) is 23.9 Å². The van der Waals surface area contributed by atoms with E-state index in [0.29, 0.717) is 12.8 Å². The van der Waals surface area contributed by atoms with Crippen LogP contribution in [0.5, 0.6) is 0 Å². The van der Waals surface area contributed by atoms with Crippen molar-refractivity contribution in [2.45, 2.75) is 105 Å². The van der Waals surface area contributed by atoms with Crippen molar-refractivity contribution in [1.82, 2.24) is 0 Å². The van der Waals surface area contributed by atoms with Crippen molar-refractivity contribution in [3.05, 3.63) is 23.8 Å². The molecule has 3 aliphatic rings. The van der Waals surface area contributed by atoms with Gasteiger partial charge in [0.2, 0.25) is 0 Å². The molecule has 1 heterocycles. The predicted octanol–water partition coefficient (Wildman–Crippen LogP) is 5.18. The molecule has 1 aliphatic heterocycles. The van der Waals surface area contributed by atoms with Gasteiger partial charge in [0.25, 0.3) is 0 Å². The molecular weight excluding hydrogens is 444 g/mol. The summed E-state index contributed by atoms with van der Waals surface area (Å²) < 4.78 is 11.7. The van der Waals surface area contributed by atoms with E-state index in [1.165, 1.54) is 5.57 Å². The number of esters is 2. The summed E-state index contributed by atoms with van der Waals surface area (Å²) in [5.74, 6) is 0.253. The largest absolute Gasteiger partial charge is 0.462 e. The fraction of sp³-hybridized carbons (Fsp3) is 0.759. The molecule has 0 spiro atoms. The minimum absolute atomic E-state index is 0.0494. The fourth-order valence-electron chi connectivity index (χ4n) is 5.67. The third-order valence-corrected chi connectivity index (χ3v) is 7.90. The van der Waals surface area contributed by atoms with Crippen LogP contribution >= 0.6 is 0 Å². The number of fused-ring (bicyclic) bond motifs is 1. The van der Waals surface area contributed by atoms with E-state index in [9.17, 15) is 19.5 Å². The Hall–Kier alpha value is -1.95. The minimum atomic E-state index is -0.896. The van der Waals surface area contributed by atoms with Gasteiger partial charge in [-0.25, -0.2) is 0 Å². The van der Waals surface area contributed by atoms with Crippen LogP contribution in [0, 0.1) is 34.5 Å². The van der Waals surface area contributed by atoms with Gasteiger partial charge >= 0.3 is 11.9 Å². The highest BCUT2D eigenvalue weighted by atomic mass is 16.6. The second-order valence-corrected chi connectivity index (χ2v) is 12.7. The monoisotopic (exact) mass is 488 g/mol. The molecule has 7 atom stereocenters. The van der Waals surface area contributed by atoms with Crippen LogP contribution in [0.15, 0.2) is 23.8 Å². The number of Topliss-reactive ketones (excluding diaryl/α,β-unsaturated/α-hetero) is 1. The molecule has 0 aromatic heterocycles. The van der Waals surface area contributed by atoms with Crippen molar-refractivity contribution < 1.29 is 29.0 Å². The van der Waals surface area contributed by atoms with Crippen LogP contribution in [0.4, 0.5) is 0 Å². The van der Waals surface area contributed by atoms with Gasteiger partial charge in [-0.1, -0.05) is 52.8 Å². The Morgan fingerprint density at radius 2 is 1.80 bits per heavy atom. The lowest BCUT2D eigenvalue weighted by Gasteiger charge is -2.44. The normalized spacial score (nSPS) is 33.4. The Bertz CT molecular complexity index is 876. The van der Waals surface area contributed by atoms with Gasteiger partial charge in [-0.15, -0.1) is 0 Å². The van der Waals surface area contributed by atoms with E-state index in [0.717, 1.165) is 12.8 Å². The number of aliphatic hydroxyl groups excluding tert-OH is 1. The van der Waals surface area contributed by atoms with E-state index < -0.39 is 16.9 Å². The van der Waals surface area contributed by atoms with E-state index in [4.69, 9.17) is 9.47 Å². The molecule has 0 saturated carbocycles. The summed E-state index contributed by atoms with van der Waals surface area (Å²) in [7, 11) is 0. The Labute approximate surface area is 210 Å². The van der Waals surface area contributed by atoms with E-state index in [1.807, 2.05) is 20.8 Å². The quantitative estimate of drug-likeness (QED) is 0.497. The zero-order chi connectivity index (χ0) is 26.1. The zero-order valence-corrected chi connectivity index (χ0v) is 22.5. The number of aliphatic hydroxyl groups is 1. The van der Waals surface area contributed by atoms with Gasteiger partial charge in [0.1, 0.15) is 18.0 Å². The van der Waals surface area contributed by atoms with Crippen LogP contribution in [0.3, 0.4) is 0 Å². The van der Waals surface area contributed by atoms with E-state index in [-0.39, 0.29) is 66.4 Å². The van der Waals surface area contributed by atoms with Gasteiger partial charge in [0.15, 0.2) is 0 Å². The van der Waals surface area contributed by atoms with Gasteiger partial charge in [-0.05, 0) is 56.4 Å². The van der Waals surface area contributed by atoms with Crippen LogP contribution in [-0.4, -0.2) is 41.1 Å². The standard InChI is InChI=1S/C29H44O6/c1-17-12-19-9-8-18(2)22(11-10-21-14-20(30)15-25(32)34-21)26(19)23(13-17)35-27(33)29(6,7)16-24(31)28(3,4)5/h8-9,12,17-18,20-23,26,30H,10-11,13-16H2,1-7H3/t17-,18+,20+,21+,22-,23-,26-/m0/s1. The van der Waals surface area contributed by atoms with Crippen molar-refractivity contribution >= 4 is 17.7 Å². The molecule has 35 heavy (non-hydrogen) atoms. The Kier molecular flexibility index (Phi) is 8.35. The van der Waals surface area contributed by atoms with Crippen LogP contribution in [0.2, 0.25) is 0 Å². The molecule has 6 heteroatoms. The fourth-order valence-corrected chi connectivity index (χ4v) is 5.67. The van der Waals surface area contributed by atoms with Gasteiger partial charge < -0.3 is 14.6 Å². The van der Waals surface area contributed by atoms with Crippen molar-refractivity contribution in [2.24, 2.45) is 34.5 Å². The molecule has 6 nitrogen and oxygen atoms in total. The van der Waals surface area contributed by atoms with Gasteiger partial charge in [0, 0.05) is 24.2 Å². The molecule has 0 aromatic carbocycles. The summed E-state index contributed by atoms with van der Waals surface area (Å²) in [5.41, 5.74) is -0.195. The molecule has 196 valence electrons. The molecular formula is C29H44O6. The third kappa shape index (κ3) is 6.84. The Balaban J connectivity index is 1.75. The van der Waals surface area contributed by atoms with Crippen LogP contribution in [0.1, 0.15) is 87.0 Å². The summed E-state index contributed by atoms with van der Waals surface area (Å²) in [4.78, 5) is 37.8. The molecule has 1 fully saturated rings. The zero-order valence-electron chi connectivity index (χ0n) is 22.5. The molecule has 1 saturated heterocycles. The summed E-state index contributed by atoms with van der Waals surface area (Å²) >= 11 is 0. The molecule has 0 radical (unpaired) electrons. The number of carbonyl (C=O) groups is 3. The maximum Gasteiger partial charge on any atom is 0.312 e. The summed E-state index contributed by atoms with van der Waals surface area (Å²) in [6.45, 7) is 13.5. The van der Waals surface area contributed by atoms with Crippen molar-refractivity contribution in [2.75, 3.05) is 0 Å². The van der Waals surface area contributed by atoms with Crippen molar-refractivity contribution in [1.29, 1.82) is 0 Å². The smallest absolute Gasteiger partial charge is 0.312 e. The van der Waals surface area contributed by atoms with E-state index in [2.05, 4.69) is 32.1 Å². The van der Waals surface area contributed by atoms with Gasteiger partial charge in [-0.3, -0.25) is 14.4 Å². The highest BCUT2D eigenvalue weighted by Crippen LogP contribution is 2.46. The van der Waals surface area contributed by atoms with Crippen LogP contribution in [0.25, 0.3) is 0 Å². The highest BCUT2D eigenvalue weighted by Gasteiger charge is 2.44. The number of rotatable bonds is 7. The van der Waals surface area contributed by atoms with Gasteiger partial charge in [0.05, 0.1) is 17.9 Å². The third-order valence-electron chi connectivity index (χ3n) is 7.90. The lowest BCUT2D eigenvalue weighted by molar-refractivity contribution is -0.167. The molecule has 0 amide bonds. The second kappa shape index (κ2) is 10.6. The lowest BCUT2D eigenvalue weighted by Crippen LogP contribution is -2.44. The Morgan fingerprint density at radius 3 is 2.43 bits per heavy atom. The highest BCUT2D eigenvalue weighted by molar-refractivity contribution is 5.89. The maximum absolute atomic E-state index is 13.3. The average molecular weight is 489 g/mol. The van der Waals surface area contributed by atoms with E-state index in [1.54, 1.807) is 13.8 Å². The molecule has 0 aromatic rings. The molecule has 2 aliphatic carbocycles. The second-order valence-electron chi connectivity index (χ2n) is 12.7. The summed E-state index contributed by atoms with van der Waals surface area (Å²) in [6.07, 6.45) is 8.42. The number of ether oxygens (including phenoxy) is 2. The summed E-state index contributed by atoms with van der Waals surface area (Å²) in [5, 5.41) is 9.98. The molecule has 3 rings (SSSR count). The van der Waals surface area contributed by atoms with Crippen molar-refractivity contribution in [3.63, 3.8) is 0 Å². The first-order chi connectivity index (χ1) is 16.2. The number of hydrogen-bond donors (Lipinski definition) is 1. The Morgan fingerprint density at radius 1 is 1.11 bits per heavy atom. The molecule has 0 unspecified atom stereocenters. The van der Waals surface area contributed by atoms with E-state index >= 15 is 0 Å². The number of cyclic esters (lactones) is 1. The number of carbonyl (C=O) groups excluding carboxylic acids is 3. The molecule has 0 bridgehead atoms. The number of allylic oxidation sites excluding steroid dienone is 3. The first-order valence-electron chi connectivity index (χ1n) is 13.2. The number of ketones is 1. The summed E-state index contributed by atoms with van der Waals surface area (Å²) in [6, 6.07) is 0. The van der Waals surface area contributed by atoms with Gasteiger partial charge in [-0.2, -0.15) is 0 Å². The first kappa shape index (κ1) is 27.6. The molecule has 1 N–H and O–H groups in total.